The van der Waals surface area contributed by atoms with Crippen LogP contribution in [0.2, 0.25) is 0 Å². The van der Waals surface area contributed by atoms with Gasteiger partial charge in [-0.15, -0.1) is 0 Å². The number of carbonyl (C=O) groups is 1. The Kier molecular flexibility index (Phi) is 4.45. The first-order valence-corrected chi connectivity index (χ1v) is 7.26. The number of carboxylic acids is 1. The summed E-state index contributed by atoms with van der Waals surface area (Å²) in [5.41, 5.74) is 1.92. The predicted octanol–water partition coefficient (Wildman–Crippen LogP) is 2.40. The fourth-order valence-corrected chi connectivity index (χ4v) is 2.23. The normalized spacial score (nSPS) is 12.8. The van der Waals surface area contributed by atoms with Gasteiger partial charge in [-0.2, -0.15) is 5.10 Å². The van der Waals surface area contributed by atoms with Crippen molar-refractivity contribution in [3.05, 3.63) is 24.2 Å². The van der Waals surface area contributed by atoms with Crippen LogP contribution in [-0.4, -0.2) is 38.8 Å². The molecule has 0 aliphatic rings. The molecular formula is C15H22N4O2. The number of fused-ring (bicyclic) bond motifs is 1. The van der Waals surface area contributed by atoms with E-state index in [9.17, 15) is 4.79 Å². The standard InChI is InChI=1S/C15H22N4O2/c1-5-18(9-11(4)15(20)21)14-13-8-12(10(2)3)17-19(13)7-6-16-14/h6-8,10-11H,5,9H2,1-4H3,(H,20,21). The summed E-state index contributed by atoms with van der Waals surface area (Å²) in [7, 11) is 0. The fraction of sp³-hybridized carbons (Fsp3) is 0.533. The molecule has 0 saturated heterocycles. The third-order valence-corrected chi connectivity index (χ3v) is 3.58. The van der Waals surface area contributed by atoms with Gasteiger partial charge in [0.05, 0.1) is 11.6 Å². The molecule has 1 unspecified atom stereocenters. The van der Waals surface area contributed by atoms with Gasteiger partial charge in [0, 0.05) is 25.5 Å². The van der Waals surface area contributed by atoms with Crippen molar-refractivity contribution in [3.63, 3.8) is 0 Å². The summed E-state index contributed by atoms with van der Waals surface area (Å²) in [6.07, 6.45) is 3.52. The summed E-state index contributed by atoms with van der Waals surface area (Å²) in [6.45, 7) is 9.03. The lowest BCUT2D eigenvalue weighted by Crippen LogP contribution is -2.32. The highest BCUT2D eigenvalue weighted by molar-refractivity contribution is 5.73. The first kappa shape index (κ1) is 15.3. The lowest BCUT2D eigenvalue weighted by Gasteiger charge is -2.24. The van der Waals surface area contributed by atoms with Crippen molar-refractivity contribution in [1.29, 1.82) is 0 Å². The Hall–Kier alpha value is -2.11. The smallest absolute Gasteiger partial charge is 0.308 e. The van der Waals surface area contributed by atoms with Gasteiger partial charge in [0.2, 0.25) is 0 Å². The van der Waals surface area contributed by atoms with Crippen molar-refractivity contribution < 1.29 is 9.90 Å². The summed E-state index contributed by atoms with van der Waals surface area (Å²) in [6, 6.07) is 2.03. The molecule has 6 nitrogen and oxygen atoms in total. The Morgan fingerprint density at radius 3 is 2.71 bits per heavy atom. The van der Waals surface area contributed by atoms with Gasteiger partial charge in [-0.25, -0.2) is 9.50 Å². The zero-order chi connectivity index (χ0) is 15.6. The summed E-state index contributed by atoms with van der Waals surface area (Å²) >= 11 is 0. The zero-order valence-corrected chi connectivity index (χ0v) is 12.9. The first-order chi connectivity index (χ1) is 9.93. The molecular weight excluding hydrogens is 268 g/mol. The van der Waals surface area contributed by atoms with E-state index in [0.717, 1.165) is 17.0 Å². The van der Waals surface area contributed by atoms with Crippen molar-refractivity contribution in [2.75, 3.05) is 18.0 Å². The number of aromatic nitrogens is 3. The third-order valence-electron chi connectivity index (χ3n) is 3.58. The van der Waals surface area contributed by atoms with E-state index in [1.807, 2.05) is 28.6 Å². The number of rotatable bonds is 6. The number of carboxylic acid groups (broad SMARTS) is 1. The Balaban J connectivity index is 2.41. The second-order valence-electron chi connectivity index (χ2n) is 5.58. The maximum absolute atomic E-state index is 11.1. The molecule has 0 amide bonds. The Labute approximate surface area is 124 Å². The van der Waals surface area contributed by atoms with Gasteiger partial charge >= 0.3 is 5.97 Å². The van der Waals surface area contributed by atoms with Gasteiger partial charge in [0.1, 0.15) is 5.52 Å². The van der Waals surface area contributed by atoms with E-state index < -0.39 is 11.9 Å². The van der Waals surface area contributed by atoms with E-state index in [-0.39, 0.29) is 0 Å². The molecule has 1 N–H and O–H groups in total. The van der Waals surface area contributed by atoms with E-state index in [1.165, 1.54) is 0 Å². The average molecular weight is 290 g/mol. The van der Waals surface area contributed by atoms with Crippen LogP contribution < -0.4 is 4.90 Å². The van der Waals surface area contributed by atoms with Crippen molar-refractivity contribution in [3.8, 4) is 0 Å². The largest absolute Gasteiger partial charge is 0.481 e. The van der Waals surface area contributed by atoms with Gasteiger partial charge in [0.15, 0.2) is 5.82 Å². The van der Waals surface area contributed by atoms with Crippen LogP contribution in [0.15, 0.2) is 18.5 Å². The lowest BCUT2D eigenvalue weighted by molar-refractivity contribution is -0.140. The number of nitrogens with zero attached hydrogens (tertiary/aromatic N) is 4. The molecule has 0 bridgehead atoms. The molecule has 0 fully saturated rings. The molecule has 0 aliphatic heterocycles. The molecule has 0 aliphatic carbocycles. The molecule has 21 heavy (non-hydrogen) atoms. The highest BCUT2D eigenvalue weighted by atomic mass is 16.4. The maximum atomic E-state index is 11.1. The summed E-state index contributed by atoms with van der Waals surface area (Å²) in [4.78, 5) is 17.5. The van der Waals surface area contributed by atoms with Crippen LogP contribution in [0.1, 0.15) is 39.3 Å². The van der Waals surface area contributed by atoms with Gasteiger partial charge in [-0.05, 0) is 18.9 Å². The molecule has 2 heterocycles. The van der Waals surface area contributed by atoms with Crippen LogP contribution in [0.4, 0.5) is 5.82 Å². The molecule has 2 aromatic rings. The third kappa shape index (κ3) is 3.15. The van der Waals surface area contributed by atoms with E-state index >= 15 is 0 Å². The molecule has 2 aromatic heterocycles. The van der Waals surface area contributed by atoms with Crippen molar-refractivity contribution in [2.45, 2.75) is 33.6 Å². The SMILES string of the molecule is CCN(CC(C)C(=O)O)c1nccn2nc(C(C)C)cc12. The number of aliphatic carboxylic acids is 1. The Bertz CT molecular complexity index is 636. The van der Waals surface area contributed by atoms with Crippen LogP contribution in [0.5, 0.6) is 0 Å². The van der Waals surface area contributed by atoms with Gasteiger partial charge in [-0.3, -0.25) is 4.79 Å². The fourth-order valence-electron chi connectivity index (χ4n) is 2.23. The molecule has 0 saturated carbocycles. The van der Waals surface area contributed by atoms with E-state index in [0.29, 0.717) is 19.0 Å². The Morgan fingerprint density at radius 1 is 1.43 bits per heavy atom. The van der Waals surface area contributed by atoms with Crippen LogP contribution >= 0.6 is 0 Å². The number of anilines is 1. The second kappa shape index (κ2) is 6.11. The second-order valence-corrected chi connectivity index (χ2v) is 5.58. The minimum Gasteiger partial charge on any atom is -0.481 e. The monoisotopic (exact) mass is 290 g/mol. The zero-order valence-electron chi connectivity index (χ0n) is 12.9. The van der Waals surface area contributed by atoms with Crippen LogP contribution in [-0.2, 0) is 4.79 Å². The van der Waals surface area contributed by atoms with Crippen LogP contribution in [0, 0.1) is 5.92 Å². The molecule has 0 aromatic carbocycles. The lowest BCUT2D eigenvalue weighted by atomic mass is 10.1. The minimum absolute atomic E-state index is 0.339. The van der Waals surface area contributed by atoms with E-state index in [2.05, 4.69) is 23.9 Å². The molecule has 114 valence electrons. The van der Waals surface area contributed by atoms with E-state index in [4.69, 9.17) is 5.11 Å². The minimum atomic E-state index is -0.795. The molecule has 2 rings (SSSR count). The molecule has 0 radical (unpaired) electrons. The van der Waals surface area contributed by atoms with Crippen molar-refractivity contribution in [1.82, 2.24) is 14.6 Å². The topological polar surface area (TPSA) is 70.7 Å². The molecule has 6 heteroatoms. The predicted molar refractivity (Wildman–Crippen MR) is 81.8 cm³/mol. The highest BCUT2D eigenvalue weighted by Crippen LogP contribution is 2.23. The Morgan fingerprint density at radius 2 is 2.14 bits per heavy atom. The summed E-state index contributed by atoms with van der Waals surface area (Å²) in [5, 5.41) is 13.6. The van der Waals surface area contributed by atoms with Crippen LogP contribution in [0.3, 0.4) is 0 Å². The number of hydrogen-bond donors (Lipinski definition) is 1. The van der Waals surface area contributed by atoms with Gasteiger partial charge in [-0.1, -0.05) is 20.8 Å². The molecule has 1 atom stereocenters. The summed E-state index contributed by atoms with van der Waals surface area (Å²) in [5.74, 6) is -0.116. The van der Waals surface area contributed by atoms with Gasteiger partial charge in [0.25, 0.3) is 0 Å². The number of hydrogen-bond acceptors (Lipinski definition) is 4. The van der Waals surface area contributed by atoms with Crippen molar-refractivity contribution in [2.24, 2.45) is 5.92 Å². The quantitative estimate of drug-likeness (QED) is 0.884. The van der Waals surface area contributed by atoms with E-state index in [1.54, 1.807) is 13.1 Å². The summed E-state index contributed by atoms with van der Waals surface area (Å²) < 4.78 is 1.81. The van der Waals surface area contributed by atoms with Crippen LogP contribution in [0.25, 0.3) is 5.52 Å². The first-order valence-electron chi connectivity index (χ1n) is 7.26. The molecule has 0 spiro atoms. The van der Waals surface area contributed by atoms with Gasteiger partial charge < -0.3 is 10.0 Å². The maximum Gasteiger partial charge on any atom is 0.308 e. The average Bonchev–Trinajstić information content (AvgIpc) is 2.88. The highest BCUT2D eigenvalue weighted by Gasteiger charge is 2.19. The van der Waals surface area contributed by atoms with Crippen molar-refractivity contribution >= 4 is 17.3 Å².